The molecule has 0 aliphatic heterocycles. The fraction of sp³-hybridized carbons (Fsp3) is 0.400. The molecule has 0 saturated heterocycles. The van der Waals surface area contributed by atoms with Gasteiger partial charge in [0.2, 0.25) is 0 Å². The van der Waals surface area contributed by atoms with Gasteiger partial charge in [0.1, 0.15) is 0 Å². The van der Waals surface area contributed by atoms with Crippen molar-refractivity contribution in [3.05, 3.63) is 22.2 Å². The number of carbonyl (C=O) groups is 2. The van der Waals surface area contributed by atoms with Gasteiger partial charge >= 0.3 is 11.8 Å². The fourth-order valence-electron chi connectivity index (χ4n) is 1.69. The molecule has 1 aromatic carbocycles. The molecule has 9 heteroatoms. The number of nitrogens with one attached hydrogen (secondary N) is 2. The molecule has 132 valence electrons. The third kappa shape index (κ3) is 6.17. The molecule has 1 rings (SSSR count). The summed E-state index contributed by atoms with van der Waals surface area (Å²) in [6.07, 6.45) is 1.40. The number of hydrogen-bond acceptors (Lipinski definition) is 6. The summed E-state index contributed by atoms with van der Waals surface area (Å²) in [7, 11) is 3.04. The maximum atomic E-state index is 11.5. The lowest BCUT2D eigenvalue weighted by molar-refractivity contribution is -0.139. The smallest absolute Gasteiger partial charge is 0.329 e. The first-order valence-electron chi connectivity index (χ1n) is 7.14. The summed E-state index contributed by atoms with van der Waals surface area (Å²) < 4.78 is 16.2. The zero-order chi connectivity index (χ0) is 17.9. The van der Waals surface area contributed by atoms with Crippen LogP contribution in [0.25, 0.3) is 0 Å². The van der Waals surface area contributed by atoms with Gasteiger partial charge < -0.3 is 19.5 Å². The van der Waals surface area contributed by atoms with E-state index in [9.17, 15) is 9.59 Å². The van der Waals surface area contributed by atoms with Crippen LogP contribution >= 0.6 is 15.9 Å². The summed E-state index contributed by atoms with van der Waals surface area (Å²) >= 11 is 3.38. The number of hydrogen-bond donors (Lipinski definition) is 2. The fourth-order valence-corrected chi connectivity index (χ4v) is 2.31. The van der Waals surface area contributed by atoms with E-state index in [1.807, 2.05) is 6.92 Å². The van der Waals surface area contributed by atoms with Gasteiger partial charge in [0.25, 0.3) is 0 Å². The predicted octanol–water partition coefficient (Wildman–Crippen LogP) is 1.07. The Morgan fingerprint density at radius 2 is 2.04 bits per heavy atom. The van der Waals surface area contributed by atoms with Gasteiger partial charge in [-0.3, -0.25) is 9.59 Å². The Bertz CT molecular complexity index is 607. The third-order valence-corrected chi connectivity index (χ3v) is 3.30. The lowest BCUT2D eigenvalue weighted by Gasteiger charge is -2.11. The first-order chi connectivity index (χ1) is 11.5. The van der Waals surface area contributed by atoms with Gasteiger partial charge in [0.15, 0.2) is 11.5 Å². The van der Waals surface area contributed by atoms with E-state index in [4.69, 9.17) is 14.2 Å². The highest BCUT2D eigenvalue weighted by Crippen LogP contribution is 2.36. The van der Waals surface area contributed by atoms with Gasteiger partial charge in [-0.05, 0) is 40.5 Å². The van der Waals surface area contributed by atoms with Gasteiger partial charge in [-0.15, -0.1) is 0 Å². The zero-order valence-corrected chi connectivity index (χ0v) is 15.3. The highest BCUT2D eigenvalue weighted by molar-refractivity contribution is 9.10. The van der Waals surface area contributed by atoms with Crippen LogP contribution in [0.4, 0.5) is 0 Å². The minimum Gasteiger partial charge on any atom is -0.492 e. The zero-order valence-electron chi connectivity index (χ0n) is 13.7. The summed E-state index contributed by atoms with van der Waals surface area (Å²) in [4.78, 5) is 23.0. The Balaban J connectivity index is 2.70. The summed E-state index contributed by atoms with van der Waals surface area (Å²) in [6, 6.07) is 3.46. The molecule has 0 fully saturated rings. The molecule has 0 spiro atoms. The van der Waals surface area contributed by atoms with Crippen molar-refractivity contribution in [3.63, 3.8) is 0 Å². The summed E-state index contributed by atoms with van der Waals surface area (Å²) in [5, 5.41) is 6.14. The molecule has 0 saturated carbocycles. The maximum Gasteiger partial charge on any atom is 0.329 e. The molecule has 0 atom stereocenters. The maximum absolute atomic E-state index is 11.5. The van der Waals surface area contributed by atoms with Crippen LogP contribution in [0.15, 0.2) is 21.7 Å². The molecule has 0 radical (unpaired) electrons. The lowest BCUT2D eigenvalue weighted by Crippen LogP contribution is -2.39. The standard InChI is InChI=1S/C15H20BrN3O5/c1-4-24-12-8-10(7-11(16)13(12)23-3)9-18-19-15(21)14(20)17-5-6-22-2/h7-9H,4-6H2,1-3H3,(H,17,20)(H,19,21)/b18-9-. The Morgan fingerprint density at radius 3 is 2.67 bits per heavy atom. The molecule has 0 aliphatic carbocycles. The van der Waals surface area contributed by atoms with Crippen molar-refractivity contribution in [2.75, 3.05) is 34.0 Å². The Morgan fingerprint density at radius 1 is 1.29 bits per heavy atom. The Labute approximate surface area is 148 Å². The minimum atomic E-state index is -0.861. The number of nitrogens with zero attached hydrogens (tertiary/aromatic N) is 1. The second-order valence-electron chi connectivity index (χ2n) is 4.41. The number of ether oxygens (including phenoxy) is 3. The first kappa shape index (κ1) is 19.9. The number of halogens is 1. The van der Waals surface area contributed by atoms with E-state index in [1.165, 1.54) is 13.3 Å². The molecular formula is C15H20BrN3O5. The molecule has 1 aromatic rings. The topological polar surface area (TPSA) is 98.2 Å². The van der Waals surface area contributed by atoms with Crippen LogP contribution in [-0.4, -0.2) is 52.0 Å². The van der Waals surface area contributed by atoms with Crippen LogP contribution in [0.1, 0.15) is 12.5 Å². The average Bonchev–Trinajstić information content (AvgIpc) is 2.55. The molecule has 0 unspecified atom stereocenters. The minimum absolute atomic E-state index is 0.246. The lowest BCUT2D eigenvalue weighted by atomic mass is 10.2. The molecule has 0 heterocycles. The van der Waals surface area contributed by atoms with Crippen molar-refractivity contribution in [2.45, 2.75) is 6.92 Å². The van der Waals surface area contributed by atoms with Crippen LogP contribution < -0.4 is 20.2 Å². The quantitative estimate of drug-likeness (QED) is 0.293. The molecule has 0 aliphatic rings. The van der Waals surface area contributed by atoms with Gasteiger partial charge in [-0.1, -0.05) is 0 Å². The second kappa shape index (κ2) is 10.6. The van der Waals surface area contributed by atoms with E-state index >= 15 is 0 Å². The Hall–Kier alpha value is -2.13. The number of amides is 2. The first-order valence-corrected chi connectivity index (χ1v) is 7.93. The van der Waals surface area contributed by atoms with Crippen LogP contribution in [0.5, 0.6) is 11.5 Å². The van der Waals surface area contributed by atoms with Crippen molar-refractivity contribution in [2.24, 2.45) is 5.10 Å². The number of rotatable bonds is 8. The van der Waals surface area contributed by atoms with E-state index < -0.39 is 11.8 Å². The van der Waals surface area contributed by atoms with Crippen LogP contribution in [0.2, 0.25) is 0 Å². The van der Waals surface area contributed by atoms with Crippen molar-refractivity contribution in [1.82, 2.24) is 10.7 Å². The summed E-state index contributed by atoms with van der Waals surface area (Å²) in [5.41, 5.74) is 2.81. The van der Waals surface area contributed by atoms with E-state index in [2.05, 4.69) is 31.8 Å². The van der Waals surface area contributed by atoms with Crippen molar-refractivity contribution in [3.8, 4) is 11.5 Å². The largest absolute Gasteiger partial charge is 0.492 e. The van der Waals surface area contributed by atoms with Crippen molar-refractivity contribution < 1.29 is 23.8 Å². The molecule has 2 amide bonds. The molecule has 2 N–H and O–H groups in total. The monoisotopic (exact) mass is 401 g/mol. The van der Waals surface area contributed by atoms with Crippen LogP contribution in [-0.2, 0) is 14.3 Å². The summed E-state index contributed by atoms with van der Waals surface area (Å²) in [6.45, 7) is 2.90. The number of benzene rings is 1. The molecule has 0 bridgehead atoms. The van der Waals surface area contributed by atoms with Crippen molar-refractivity contribution >= 4 is 34.0 Å². The van der Waals surface area contributed by atoms with Crippen LogP contribution in [0, 0.1) is 0 Å². The molecular weight excluding hydrogens is 382 g/mol. The molecule has 0 aromatic heterocycles. The van der Waals surface area contributed by atoms with Gasteiger partial charge in [0.05, 0.1) is 31.0 Å². The highest BCUT2D eigenvalue weighted by Gasteiger charge is 2.12. The van der Waals surface area contributed by atoms with Crippen molar-refractivity contribution in [1.29, 1.82) is 0 Å². The number of carbonyl (C=O) groups excluding carboxylic acids is 2. The second-order valence-corrected chi connectivity index (χ2v) is 5.27. The summed E-state index contributed by atoms with van der Waals surface area (Å²) in [5.74, 6) is -0.537. The third-order valence-electron chi connectivity index (χ3n) is 2.71. The Kier molecular flexibility index (Phi) is 8.80. The number of methoxy groups -OCH3 is 2. The van der Waals surface area contributed by atoms with Gasteiger partial charge in [-0.2, -0.15) is 5.10 Å². The molecule has 8 nitrogen and oxygen atoms in total. The van der Waals surface area contributed by atoms with Gasteiger partial charge in [-0.25, -0.2) is 5.43 Å². The highest BCUT2D eigenvalue weighted by atomic mass is 79.9. The van der Waals surface area contributed by atoms with Gasteiger partial charge in [0, 0.05) is 13.7 Å². The predicted molar refractivity (Wildman–Crippen MR) is 92.5 cm³/mol. The van der Waals surface area contributed by atoms with E-state index in [-0.39, 0.29) is 6.54 Å². The average molecular weight is 402 g/mol. The normalized spacial score (nSPS) is 10.5. The van der Waals surface area contributed by atoms with E-state index in [0.717, 1.165) is 0 Å². The van der Waals surface area contributed by atoms with E-state index in [1.54, 1.807) is 19.2 Å². The number of hydrazone groups is 1. The SMILES string of the molecule is CCOc1cc(/C=N\NC(=O)C(=O)NCCOC)cc(Br)c1OC. The van der Waals surface area contributed by atoms with E-state index in [0.29, 0.717) is 34.7 Å². The molecule has 24 heavy (non-hydrogen) atoms. The van der Waals surface area contributed by atoms with Crippen LogP contribution in [0.3, 0.4) is 0 Å².